The van der Waals surface area contributed by atoms with Crippen molar-refractivity contribution in [1.29, 1.82) is 0 Å². The third-order valence-corrected chi connectivity index (χ3v) is 2.44. The van der Waals surface area contributed by atoms with E-state index in [2.05, 4.69) is 40.4 Å². The lowest BCUT2D eigenvalue weighted by Gasteiger charge is -2.04. The quantitative estimate of drug-likeness (QED) is 0.807. The lowest BCUT2D eigenvalue weighted by molar-refractivity contribution is 0.654. The molecule has 0 unspecified atom stereocenters. The molecule has 0 aliphatic heterocycles. The summed E-state index contributed by atoms with van der Waals surface area (Å²) < 4.78 is 3.94. The second-order valence-electron chi connectivity index (χ2n) is 3.74. The monoisotopic (exact) mass is 204 g/mol. The van der Waals surface area contributed by atoms with Crippen molar-refractivity contribution in [2.45, 2.75) is 13.1 Å². The van der Waals surface area contributed by atoms with Crippen LogP contribution in [0.4, 0.5) is 0 Å². The molecule has 0 fully saturated rings. The summed E-state index contributed by atoms with van der Waals surface area (Å²) in [6.07, 6.45) is 5.97. The average molecular weight is 204 g/mol. The molecular weight excluding hydrogens is 188 g/mol. The number of hydrogen-bond donors (Lipinski definition) is 1. The zero-order valence-corrected chi connectivity index (χ0v) is 9.14. The first-order valence-corrected chi connectivity index (χ1v) is 5.04. The Morgan fingerprint density at radius 1 is 1.33 bits per heavy atom. The largest absolute Gasteiger partial charge is 0.353 e. The normalized spacial score (nSPS) is 10.8. The van der Waals surface area contributed by atoms with Gasteiger partial charge in [-0.2, -0.15) is 5.10 Å². The van der Waals surface area contributed by atoms with E-state index in [4.69, 9.17) is 0 Å². The maximum absolute atomic E-state index is 4.12. The molecule has 4 heteroatoms. The topological polar surface area (TPSA) is 34.8 Å². The van der Waals surface area contributed by atoms with E-state index in [9.17, 15) is 0 Å². The van der Waals surface area contributed by atoms with Gasteiger partial charge < -0.3 is 9.88 Å². The van der Waals surface area contributed by atoms with E-state index in [1.165, 1.54) is 11.3 Å². The van der Waals surface area contributed by atoms with Gasteiger partial charge in [-0.15, -0.1) is 0 Å². The van der Waals surface area contributed by atoms with Crippen LogP contribution in [0.2, 0.25) is 0 Å². The number of aromatic nitrogens is 3. The van der Waals surface area contributed by atoms with E-state index in [1.807, 2.05) is 24.1 Å². The summed E-state index contributed by atoms with van der Waals surface area (Å²) in [6.45, 7) is 1.75. The molecule has 2 aromatic heterocycles. The Hall–Kier alpha value is -1.55. The van der Waals surface area contributed by atoms with Gasteiger partial charge in [0.25, 0.3) is 0 Å². The molecule has 4 nitrogen and oxygen atoms in total. The first-order valence-electron chi connectivity index (χ1n) is 5.04. The zero-order valence-electron chi connectivity index (χ0n) is 9.14. The highest BCUT2D eigenvalue weighted by molar-refractivity contribution is 5.07. The fraction of sp³-hybridized carbons (Fsp3) is 0.364. The van der Waals surface area contributed by atoms with Gasteiger partial charge in [0.05, 0.1) is 6.20 Å². The predicted molar refractivity (Wildman–Crippen MR) is 59.2 cm³/mol. The van der Waals surface area contributed by atoms with Crippen molar-refractivity contribution in [1.82, 2.24) is 19.7 Å². The molecule has 0 saturated carbocycles. The average Bonchev–Trinajstić information content (AvgIpc) is 2.77. The van der Waals surface area contributed by atoms with E-state index in [-0.39, 0.29) is 0 Å². The molecule has 0 radical (unpaired) electrons. The molecule has 0 aliphatic carbocycles. The van der Waals surface area contributed by atoms with Crippen LogP contribution in [0.5, 0.6) is 0 Å². The predicted octanol–water partition coefficient (Wildman–Crippen LogP) is 1.05. The number of nitrogens with zero attached hydrogens (tertiary/aromatic N) is 3. The molecule has 2 heterocycles. The van der Waals surface area contributed by atoms with Crippen molar-refractivity contribution >= 4 is 0 Å². The van der Waals surface area contributed by atoms with E-state index < -0.39 is 0 Å². The minimum absolute atomic E-state index is 0.860. The van der Waals surface area contributed by atoms with Crippen molar-refractivity contribution in [2.75, 3.05) is 0 Å². The van der Waals surface area contributed by atoms with Gasteiger partial charge in [0.1, 0.15) is 0 Å². The SMILES string of the molecule is Cn1cc(CNCc2cccn2C)cn1. The third kappa shape index (κ3) is 2.47. The van der Waals surface area contributed by atoms with Crippen molar-refractivity contribution in [2.24, 2.45) is 14.1 Å². The van der Waals surface area contributed by atoms with Crippen LogP contribution in [-0.2, 0) is 27.2 Å². The molecule has 15 heavy (non-hydrogen) atoms. The van der Waals surface area contributed by atoms with Crippen LogP contribution in [-0.4, -0.2) is 14.3 Å². The Bertz CT molecular complexity index is 427. The summed E-state index contributed by atoms with van der Waals surface area (Å²) in [5.74, 6) is 0. The minimum Gasteiger partial charge on any atom is -0.353 e. The maximum atomic E-state index is 4.12. The summed E-state index contributed by atoms with van der Waals surface area (Å²) in [4.78, 5) is 0. The Labute approximate surface area is 89.5 Å². The van der Waals surface area contributed by atoms with Gasteiger partial charge in [0, 0.05) is 50.8 Å². The molecule has 0 spiro atoms. The zero-order chi connectivity index (χ0) is 10.7. The lowest BCUT2D eigenvalue weighted by atomic mass is 10.3. The Balaban J connectivity index is 1.83. The van der Waals surface area contributed by atoms with Gasteiger partial charge in [0.15, 0.2) is 0 Å². The Kier molecular flexibility index (Phi) is 2.87. The van der Waals surface area contributed by atoms with Crippen LogP contribution in [0, 0.1) is 0 Å². The summed E-state index contributed by atoms with van der Waals surface area (Å²) >= 11 is 0. The molecule has 80 valence electrons. The molecular formula is C11H16N4. The first-order chi connectivity index (χ1) is 7.25. The minimum atomic E-state index is 0.860. The van der Waals surface area contributed by atoms with Gasteiger partial charge in [-0.05, 0) is 12.1 Å². The van der Waals surface area contributed by atoms with Crippen molar-refractivity contribution in [3.63, 3.8) is 0 Å². The van der Waals surface area contributed by atoms with Gasteiger partial charge in [-0.25, -0.2) is 0 Å². The molecule has 1 N–H and O–H groups in total. The highest BCUT2D eigenvalue weighted by atomic mass is 15.2. The van der Waals surface area contributed by atoms with Crippen molar-refractivity contribution in [3.8, 4) is 0 Å². The molecule has 0 amide bonds. The van der Waals surface area contributed by atoms with E-state index in [1.54, 1.807) is 0 Å². The van der Waals surface area contributed by atoms with E-state index in [0.717, 1.165) is 13.1 Å². The van der Waals surface area contributed by atoms with Crippen LogP contribution >= 0.6 is 0 Å². The number of nitrogens with one attached hydrogen (secondary N) is 1. The van der Waals surface area contributed by atoms with Crippen molar-refractivity contribution < 1.29 is 0 Å². The number of aryl methyl sites for hydroxylation is 2. The first kappa shape index (κ1) is 9.98. The molecule has 0 bridgehead atoms. The highest BCUT2D eigenvalue weighted by Crippen LogP contribution is 2.00. The Morgan fingerprint density at radius 3 is 2.80 bits per heavy atom. The van der Waals surface area contributed by atoms with Crippen LogP contribution in [0.15, 0.2) is 30.7 Å². The second kappa shape index (κ2) is 4.31. The van der Waals surface area contributed by atoms with E-state index >= 15 is 0 Å². The van der Waals surface area contributed by atoms with Gasteiger partial charge in [-0.1, -0.05) is 0 Å². The van der Waals surface area contributed by atoms with E-state index in [0.29, 0.717) is 0 Å². The fourth-order valence-electron chi connectivity index (χ4n) is 1.58. The van der Waals surface area contributed by atoms with Gasteiger partial charge >= 0.3 is 0 Å². The maximum Gasteiger partial charge on any atom is 0.0534 e. The molecule has 2 rings (SSSR count). The van der Waals surface area contributed by atoms with Crippen LogP contribution < -0.4 is 5.32 Å². The lowest BCUT2D eigenvalue weighted by Crippen LogP contribution is -2.14. The van der Waals surface area contributed by atoms with Crippen LogP contribution in [0.25, 0.3) is 0 Å². The smallest absolute Gasteiger partial charge is 0.0534 e. The summed E-state index contributed by atoms with van der Waals surface area (Å²) in [7, 11) is 3.99. The van der Waals surface area contributed by atoms with Gasteiger partial charge in [-0.3, -0.25) is 4.68 Å². The standard InChI is InChI=1S/C11H16N4/c1-14-5-3-4-11(14)8-12-6-10-7-13-15(2)9-10/h3-5,7,9,12H,6,8H2,1-2H3. The third-order valence-electron chi connectivity index (χ3n) is 2.44. The number of hydrogen-bond acceptors (Lipinski definition) is 2. The Morgan fingerprint density at radius 2 is 2.20 bits per heavy atom. The summed E-state index contributed by atoms with van der Waals surface area (Å²) in [5.41, 5.74) is 2.51. The van der Waals surface area contributed by atoms with Gasteiger partial charge in [0.2, 0.25) is 0 Å². The number of rotatable bonds is 4. The summed E-state index contributed by atoms with van der Waals surface area (Å²) in [6, 6.07) is 4.18. The molecule has 0 saturated heterocycles. The highest BCUT2D eigenvalue weighted by Gasteiger charge is 1.98. The second-order valence-corrected chi connectivity index (χ2v) is 3.74. The molecule has 0 aromatic carbocycles. The molecule has 0 atom stereocenters. The molecule has 0 aliphatic rings. The fourth-order valence-corrected chi connectivity index (χ4v) is 1.58. The summed E-state index contributed by atoms with van der Waals surface area (Å²) in [5, 5.41) is 7.51. The van der Waals surface area contributed by atoms with Crippen LogP contribution in [0.3, 0.4) is 0 Å². The molecule has 2 aromatic rings. The van der Waals surface area contributed by atoms with Crippen molar-refractivity contribution in [3.05, 3.63) is 42.0 Å². The van der Waals surface area contributed by atoms with Crippen LogP contribution in [0.1, 0.15) is 11.3 Å².